The van der Waals surface area contributed by atoms with Crippen molar-refractivity contribution < 1.29 is 28.9 Å². The number of aliphatic hydroxyl groups excluding tert-OH is 1. The quantitative estimate of drug-likeness (QED) is 0.280. The number of epoxide rings is 1. The maximum Gasteiger partial charge on any atom is 0.243 e. The van der Waals surface area contributed by atoms with Gasteiger partial charge in [0.1, 0.15) is 23.6 Å². The summed E-state index contributed by atoms with van der Waals surface area (Å²) in [6.45, 7) is 14.3. The summed E-state index contributed by atoms with van der Waals surface area (Å²) >= 11 is 0. The Morgan fingerprint density at radius 1 is 1.17 bits per heavy atom. The molecule has 0 radical (unpaired) electrons. The maximum absolute atomic E-state index is 12.2. The minimum atomic E-state index is -0.741. The second-order valence-electron chi connectivity index (χ2n) is 11.5. The largest absolute Gasteiger partial charge is 0.387 e. The highest BCUT2D eigenvalue weighted by atomic mass is 16.6. The van der Waals surface area contributed by atoms with Crippen molar-refractivity contribution in [3.05, 3.63) is 35.5 Å². The highest BCUT2D eigenvalue weighted by molar-refractivity contribution is 5.87. The van der Waals surface area contributed by atoms with Gasteiger partial charge in [-0.2, -0.15) is 0 Å². The summed E-state index contributed by atoms with van der Waals surface area (Å²) in [4.78, 5) is 23.9. The molecule has 0 aliphatic carbocycles. The summed E-state index contributed by atoms with van der Waals surface area (Å²) in [7, 11) is 0. The fraction of sp³-hybridized carbons (Fsp3) is 0.724. The van der Waals surface area contributed by atoms with Gasteiger partial charge in [-0.15, -0.1) is 0 Å². The number of ketones is 1. The van der Waals surface area contributed by atoms with Gasteiger partial charge in [0.2, 0.25) is 5.91 Å². The molecule has 3 aliphatic rings. The lowest BCUT2D eigenvalue weighted by Crippen LogP contribution is -2.51. The zero-order valence-corrected chi connectivity index (χ0v) is 23.0. The van der Waals surface area contributed by atoms with Gasteiger partial charge in [-0.25, -0.2) is 0 Å². The molecular weight excluding hydrogens is 458 g/mol. The first-order valence-corrected chi connectivity index (χ1v) is 13.4. The summed E-state index contributed by atoms with van der Waals surface area (Å²) < 4.78 is 18.1. The number of ether oxygens (including phenoxy) is 3. The highest BCUT2D eigenvalue weighted by Crippen LogP contribution is 2.44. The highest BCUT2D eigenvalue weighted by Gasteiger charge is 2.59. The number of nitrogens with one attached hydrogen (secondary N) is 1. The molecule has 7 heteroatoms. The first kappa shape index (κ1) is 28.8. The topological polar surface area (TPSA) is 97.4 Å². The van der Waals surface area contributed by atoms with E-state index in [0.29, 0.717) is 31.3 Å². The minimum Gasteiger partial charge on any atom is -0.387 e. The van der Waals surface area contributed by atoms with Gasteiger partial charge in [-0.3, -0.25) is 9.59 Å². The van der Waals surface area contributed by atoms with Crippen LogP contribution in [0, 0.1) is 11.8 Å². The number of hydrogen-bond acceptors (Lipinski definition) is 6. The summed E-state index contributed by atoms with van der Waals surface area (Å²) in [6.07, 6.45) is 8.78. The number of amides is 1. The van der Waals surface area contributed by atoms with Crippen LogP contribution in [0.2, 0.25) is 0 Å². The van der Waals surface area contributed by atoms with Gasteiger partial charge in [0.05, 0.1) is 31.0 Å². The number of rotatable bonds is 9. The van der Waals surface area contributed by atoms with Crippen LogP contribution in [0.3, 0.4) is 0 Å². The van der Waals surface area contributed by atoms with Crippen LogP contribution >= 0.6 is 0 Å². The lowest BCUT2D eigenvalue weighted by atomic mass is 9.84. The molecule has 2 N–H and O–H groups in total. The van der Waals surface area contributed by atoms with Gasteiger partial charge in [0.25, 0.3) is 0 Å². The molecule has 3 aliphatic heterocycles. The van der Waals surface area contributed by atoms with Gasteiger partial charge in [0, 0.05) is 12.8 Å². The van der Waals surface area contributed by atoms with Crippen LogP contribution in [-0.4, -0.2) is 65.6 Å². The molecule has 0 aromatic heterocycles. The molecule has 8 atom stereocenters. The van der Waals surface area contributed by atoms with Crippen molar-refractivity contribution in [1.29, 1.82) is 0 Å². The molecule has 0 aromatic carbocycles. The summed E-state index contributed by atoms with van der Waals surface area (Å²) in [5, 5.41) is 14.0. The Morgan fingerprint density at radius 2 is 1.86 bits per heavy atom. The summed E-state index contributed by atoms with van der Waals surface area (Å²) in [5.41, 5.74) is 1.41. The van der Waals surface area contributed by atoms with Crippen LogP contribution in [0.5, 0.6) is 0 Å². The van der Waals surface area contributed by atoms with E-state index in [9.17, 15) is 14.7 Å². The summed E-state index contributed by atoms with van der Waals surface area (Å²) in [5.74, 6) is 0.651. The molecule has 1 spiro atoms. The average Bonchev–Trinajstić information content (AvgIpc) is 3.55. The number of hydrogen-bond donors (Lipinski definition) is 2. The second-order valence-corrected chi connectivity index (χ2v) is 11.5. The lowest BCUT2D eigenvalue weighted by molar-refractivity contribution is -0.146. The number of Topliss-reactive ketones (excluding diaryl/α,β-unsaturated/α-hetero) is 1. The maximum atomic E-state index is 12.2. The van der Waals surface area contributed by atoms with Crippen molar-refractivity contribution in [2.45, 2.75) is 116 Å². The molecule has 202 valence electrons. The van der Waals surface area contributed by atoms with Crippen molar-refractivity contribution in [3.63, 3.8) is 0 Å². The Hall–Kier alpha value is -1.80. The fourth-order valence-electron chi connectivity index (χ4n) is 5.32. The molecule has 36 heavy (non-hydrogen) atoms. The number of aliphatic hydroxyl groups is 1. The monoisotopic (exact) mass is 503 g/mol. The van der Waals surface area contributed by atoms with E-state index in [2.05, 4.69) is 18.3 Å². The normalized spacial score (nSPS) is 37.5. The van der Waals surface area contributed by atoms with Crippen LogP contribution in [0.1, 0.15) is 74.1 Å². The van der Waals surface area contributed by atoms with E-state index < -0.39 is 17.8 Å². The smallest absolute Gasteiger partial charge is 0.243 e. The Kier molecular flexibility index (Phi) is 9.72. The fourth-order valence-corrected chi connectivity index (χ4v) is 5.32. The van der Waals surface area contributed by atoms with E-state index in [-0.39, 0.29) is 36.0 Å². The Labute approximate surface area is 216 Å². The van der Waals surface area contributed by atoms with Crippen LogP contribution in [-0.2, 0) is 23.8 Å². The molecule has 1 amide bonds. The second kappa shape index (κ2) is 12.2. The third-order valence-corrected chi connectivity index (χ3v) is 7.52. The zero-order valence-electron chi connectivity index (χ0n) is 23.0. The van der Waals surface area contributed by atoms with Gasteiger partial charge >= 0.3 is 0 Å². The Balaban J connectivity index is 1.57. The van der Waals surface area contributed by atoms with E-state index in [4.69, 9.17) is 14.2 Å². The molecule has 0 saturated carbocycles. The van der Waals surface area contributed by atoms with Crippen LogP contribution in [0.4, 0.5) is 0 Å². The number of allylic oxidation sites excluding steroid dienone is 3. The van der Waals surface area contributed by atoms with E-state index in [0.717, 1.165) is 24.0 Å². The minimum absolute atomic E-state index is 0.00220. The molecule has 0 aromatic rings. The van der Waals surface area contributed by atoms with Crippen LogP contribution in [0.15, 0.2) is 35.5 Å². The van der Waals surface area contributed by atoms with Gasteiger partial charge in [0.15, 0.2) is 0 Å². The first-order chi connectivity index (χ1) is 16.9. The van der Waals surface area contributed by atoms with Crippen molar-refractivity contribution in [1.82, 2.24) is 5.32 Å². The third kappa shape index (κ3) is 7.60. The van der Waals surface area contributed by atoms with Crippen molar-refractivity contribution in [3.8, 4) is 0 Å². The first-order valence-electron chi connectivity index (χ1n) is 13.4. The predicted molar refractivity (Wildman–Crippen MR) is 139 cm³/mol. The van der Waals surface area contributed by atoms with E-state index in [1.54, 1.807) is 13.0 Å². The Morgan fingerprint density at radius 3 is 2.47 bits per heavy atom. The Bertz CT molecular complexity index is 886. The molecule has 0 unspecified atom stereocenters. The zero-order chi connectivity index (χ0) is 26.6. The standard InChI is InChI=1S/C29H45NO6/c1-17(2)8-11-26(32)30-24-13-19(4)25(35-22(24)7)10-9-18(3)12-20(5)27-28(33)29(16-34-29)15-23(36-27)14-21(6)31/h8-9,11-12,17,19,22-25,27-28,33H,10,13-16H2,1-7H3,(H,30,32)/b11-8-,18-9+,20-12+/t19-,22+,23+,24+,25-,27+,28+,29+/m0/s1. The van der Waals surface area contributed by atoms with E-state index in [1.165, 1.54) is 0 Å². The van der Waals surface area contributed by atoms with Crippen molar-refractivity contribution in [2.24, 2.45) is 11.8 Å². The molecule has 7 nitrogen and oxygen atoms in total. The number of carbonyl (C=O) groups excluding carboxylic acids is 2. The van der Waals surface area contributed by atoms with Crippen LogP contribution < -0.4 is 5.32 Å². The van der Waals surface area contributed by atoms with Crippen molar-refractivity contribution >= 4 is 11.7 Å². The van der Waals surface area contributed by atoms with Crippen molar-refractivity contribution in [2.75, 3.05) is 6.61 Å². The van der Waals surface area contributed by atoms with Crippen LogP contribution in [0.25, 0.3) is 0 Å². The van der Waals surface area contributed by atoms with E-state index in [1.807, 2.05) is 46.8 Å². The SMILES string of the molecule is CC(=O)C[C@@H]1C[C@@]2(CO2)[C@H](O)[C@@H](/C(C)=C/C(C)=C/C[C@@H]2O[C@H](C)[C@H](NC(=O)/C=C\C(C)C)C[C@@H]2C)O1. The molecule has 3 heterocycles. The third-order valence-electron chi connectivity index (χ3n) is 7.52. The summed E-state index contributed by atoms with van der Waals surface area (Å²) in [6, 6.07) is -0.00220. The molecule has 3 rings (SSSR count). The lowest BCUT2D eigenvalue weighted by Gasteiger charge is -2.39. The molecule has 0 bridgehead atoms. The molecule has 3 fully saturated rings. The number of carbonyl (C=O) groups is 2. The molecule has 3 saturated heterocycles. The predicted octanol–water partition coefficient (Wildman–Crippen LogP) is 4.05. The van der Waals surface area contributed by atoms with Gasteiger partial charge in [-0.1, -0.05) is 44.6 Å². The van der Waals surface area contributed by atoms with E-state index >= 15 is 0 Å². The van der Waals surface area contributed by atoms with Gasteiger partial charge < -0.3 is 24.6 Å². The average molecular weight is 504 g/mol. The van der Waals surface area contributed by atoms with Gasteiger partial charge in [-0.05, 0) is 64.0 Å². The molecular formula is C29H45NO6.